The van der Waals surface area contributed by atoms with Gasteiger partial charge in [-0.3, -0.25) is 0 Å². The quantitative estimate of drug-likeness (QED) is 0.399. The molecule has 0 aliphatic heterocycles. The Morgan fingerprint density at radius 2 is 1.72 bits per heavy atom. The van der Waals surface area contributed by atoms with Crippen molar-refractivity contribution in [2.45, 2.75) is 32.1 Å². The summed E-state index contributed by atoms with van der Waals surface area (Å²) in [4.78, 5) is 0. The summed E-state index contributed by atoms with van der Waals surface area (Å²) in [6, 6.07) is 4.97. The van der Waals surface area contributed by atoms with E-state index in [9.17, 15) is 10.2 Å². The van der Waals surface area contributed by atoms with Gasteiger partial charge in [0.15, 0.2) is 11.5 Å². The van der Waals surface area contributed by atoms with Gasteiger partial charge in [-0.25, -0.2) is 0 Å². The molecule has 0 atom stereocenters. The Morgan fingerprint density at radius 1 is 0.944 bits per heavy atom. The molecule has 0 unspecified atom stereocenters. The predicted molar refractivity (Wildman–Crippen MR) is 73.9 cm³/mol. The van der Waals surface area contributed by atoms with E-state index in [1.807, 2.05) is 6.07 Å². The summed E-state index contributed by atoms with van der Waals surface area (Å²) < 4.78 is 0. The molecular formula is C14H24N2O2. The van der Waals surface area contributed by atoms with E-state index in [1.165, 1.54) is 25.3 Å². The standard InChI is InChI=1S/C14H24N2O2/c15-8-3-1-2-4-9-16-10-7-12-5-6-13(17)14(18)11-12/h5-6,11,16-18H,1-4,7-10,15H2. The largest absolute Gasteiger partial charge is 0.504 e. The molecule has 0 radical (unpaired) electrons. The van der Waals surface area contributed by atoms with Crippen LogP contribution in [0.2, 0.25) is 0 Å². The fourth-order valence-electron chi connectivity index (χ4n) is 1.83. The number of nitrogens with one attached hydrogen (secondary N) is 1. The predicted octanol–water partition coefficient (Wildman–Crippen LogP) is 1.75. The van der Waals surface area contributed by atoms with Crippen molar-refractivity contribution in [2.24, 2.45) is 5.73 Å². The van der Waals surface area contributed by atoms with Crippen LogP contribution in [0.25, 0.3) is 0 Å². The van der Waals surface area contributed by atoms with E-state index in [1.54, 1.807) is 6.07 Å². The summed E-state index contributed by atoms with van der Waals surface area (Å²) in [5.41, 5.74) is 6.45. The second kappa shape index (κ2) is 8.78. The van der Waals surface area contributed by atoms with E-state index in [2.05, 4.69) is 5.32 Å². The summed E-state index contributed by atoms with van der Waals surface area (Å²) in [5, 5.41) is 21.9. The second-order valence-corrected chi connectivity index (χ2v) is 4.53. The summed E-state index contributed by atoms with van der Waals surface area (Å²) in [7, 11) is 0. The van der Waals surface area contributed by atoms with E-state index in [4.69, 9.17) is 5.73 Å². The van der Waals surface area contributed by atoms with Gasteiger partial charge in [-0.15, -0.1) is 0 Å². The molecule has 0 aliphatic rings. The van der Waals surface area contributed by atoms with Crippen LogP contribution >= 0.6 is 0 Å². The highest BCUT2D eigenvalue weighted by Gasteiger charge is 2.00. The van der Waals surface area contributed by atoms with Gasteiger partial charge in [-0.05, 0) is 56.6 Å². The van der Waals surface area contributed by atoms with Crippen molar-refractivity contribution in [1.29, 1.82) is 0 Å². The third kappa shape index (κ3) is 5.89. The Morgan fingerprint density at radius 3 is 2.44 bits per heavy atom. The molecule has 1 aromatic carbocycles. The van der Waals surface area contributed by atoms with Crippen LogP contribution < -0.4 is 11.1 Å². The van der Waals surface area contributed by atoms with Crippen molar-refractivity contribution in [1.82, 2.24) is 5.32 Å². The van der Waals surface area contributed by atoms with Crippen molar-refractivity contribution in [3.63, 3.8) is 0 Å². The third-order valence-electron chi connectivity index (χ3n) is 2.94. The van der Waals surface area contributed by atoms with Gasteiger partial charge in [0.2, 0.25) is 0 Å². The van der Waals surface area contributed by atoms with Crippen molar-refractivity contribution in [3.05, 3.63) is 23.8 Å². The van der Waals surface area contributed by atoms with Crippen molar-refractivity contribution in [3.8, 4) is 11.5 Å². The molecular weight excluding hydrogens is 228 g/mol. The molecule has 0 aromatic heterocycles. The molecule has 0 fully saturated rings. The maximum absolute atomic E-state index is 9.34. The number of hydrogen-bond donors (Lipinski definition) is 4. The fraction of sp³-hybridized carbons (Fsp3) is 0.571. The summed E-state index contributed by atoms with van der Waals surface area (Å²) >= 11 is 0. The van der Waals surface area contributed by atoms with E-state index < -0.39 is 0 Å². The Bertz CT molecular complexity index is 343. The van der Waals surface area contributed by atoms with Gasteiger partial charge in [0, 0.05) is 0 Å². The van der Waals surface area contributed by atoms with Gasteiger partial charge in [-0.1, -0.05) is 18.9 Å². The first kappa shape index (κ1) is 14.8. The van der Waals surface area contributed by atoms with Crippen LogP contribution in [0.1, 0.15) is 31.2 Å². The Labute approximate surface area is 109 Å². The summed E-state index contributed by atoms with van der Waals surface area (Å²) in [6.07, 6.45) is 5.60. The first-order valence-electron chi connectivity index (χ1n) is 6.65. The first-order chi connectivity index (χ1) is 8.74. The number of phenols is 2. The highest BCUT2D eigenvalue weighted by Crippen LogP contribution is 2.24. The molecule has 0 aliphatic carbocycles. The van der Waals surface area contributed by atoms with Crippen LogP contribution in [0.3, 0.4) is 0 Å². The molecule has 5 N–H and O–H groups in total. The minimum Gasteiger partial charge on any atom is -0.504 e. The van der Waals surface area contributed by atoms with Gasteiger partial charge < -0.3 is 21.3 Å². The van der Waals surface area contributed by atoms with Crippen LogP contribution in [-0.2, 0) is 6.42 Å². The number of phenolic OH excluding ortho intramolecular Hbond substituents is 2. The highest BCUT2D eigenvalue weighted by atomic mass is 16.3. The molecule has 18 heavy (non-hydrogen) atoms. The fourth-order valence-corrected chi connectivity index (χ4v) is 1.83. The molecule has 0 heterocycles. The lowest BCUT2D eigenvalue weighted by Crippen LogP contribution is -2.18. The molecule has 1 aromatic rings. The van der Waals surface area contributed by atoms with E-state index >= 15 is 0 Å². The van der Waals surface area contributed by atoms with Crippen LogP contribution in [0.15, 0.2) is 18.2 Å². The molecule has 4 heteroatoms. The van der Waals surface area contributed by atoms with Crippen LogP contribution in [-0.4, -0.2) is 29.8 Å². The van der Waals surface area contributed by atoms with Gasteiger partial charge in [-0.2, -0.15) is 0 Å². The maximum Gasteiger partial charge on any atom is 0.157 e. The Kier molecular flexibility index (Phi) is 7.22. The Balaban J connectivity index is 2.05. The maximum atomic E-state index is 9.34. The second-order valence-electron chi connectivity index (χ2n) is 4.53. The molecule has 0 amide bonds. The Hall–Kier alpha value is -1.26. The minimum atomic E-state index is -0.0633. The smallest absolute Gasteiger partial charge is 0.157 e. The normalized spacial score (nSPS) is 10.7. The summed E-state index contributed by atoms with van der Waals surface area (Å²) in [6.45, 7) is 2.70. The number of hydrogen-bond acceptors (Lipinski definition) is 4. The van der Waals surface area contributed by atoms with Gasteiger partial charge in [0.1, 0.15) is 0 Å². The zero-order valence-corrected chi connectivity index (χ0v) is 10.9. The van der Waals surface area contributed by atoms with Gasteiger partial charge in [0.25, 0.3) is 0 Å². The molecule has 102 valence electrons. The minimum absolute atomic E-state index is 0.0470. The summed E-state index contributed by atoms with van der Waals surface area (Å²) in [5.74, 6) is -0.110. The zero-order valence-electron chi connectivity index (χ0n) is 10.9. The number of rotatable bonds is 9. The molecule has 0 bridgehead atoms. The topological polar surface area (TPSA) is 78.5 Å². The molecule has 0 saturated carbocycles. The lowest BCUT2D eigenvalue weighted by Gasteiger charge is -2.06. The average molecular weight is 252 g/mol. The SMILES string of the molecule is NCCCCCCNCCc1ccc(O)c(O)c1. The van der Waals surface area contributed by atoms with Crippen molar-refractivity contribution >= 4 is 0 Å². The van der Waals surface area contributed by atoms with E-state index in [0.29, 0.717) is 0 Å². The molecule has 0 saturated heterocycles. The van der Waals surface area contributed by atoms with Crippen LogP contribution in [0.4, 0.5) is 0 Å². The number of unbranched alkanes of at least 4 members (excludes halogenated alkanes) is 3. The van der Waals surface area contributed by atoms with E-state index in [-0.39, 0.29) is 11.5 Å². The van der Waals surface area contributed by atoms with Crippen molar-refractivity contribution in [2.75, 3.05) is 19.6 Å². The van der Waals surface area contributed by atoms with E-state index in [0.717, 1.165) is 38.0 Å². The lowest BCUT2D eigenvalue weighted by atomic mass is 10.1. The average Bonchev–Trinajstić information content (AvgIpc) is 2.37. The molecule has 4 nitrogen and oxygen atoms in total. The van der Waals surface area contributed by atoms with Crippen molar-refractivity contribution < 1.29 is 10.2 Å². The highest BCUT2D eigenvalue weighted by molar-refractivity contribution is 5.40. The van der Waals surface area contributed by atoms with Gasteiger partial charge in [0.05, 0.1) is 0 Å². The molecule has 0 spiro atoms. The zero-order chi connectivity index (χ0) is 13.2. The van der Waals surface area contributed by atoms with Crippen LogP contribution in [0, 0.1) is 0 Å². The van der Waals surface area contributed by atoms with Gasteiger partial charge >= 0.3 is 0 Å². The number of benzene rings is 1. The monoisotopic (exact) mass is 252 g/mol. The first-order valence-corrected chi connectivity index (χ1v) is 6.65. The number of nitrogens with two attached hydrogens (primary N) is 1. The third-order valence-corrected chi connectivity index (χ3v) is 2.94. The number of aromatic hydroxyl groups is 2. The van der Waals surface area contributed by atoms with Crippen LogP contribution in [0.5, 0.6) is 11.5 Å². The molecule has 1 rings (SSSR count). The lowest BCUT2D eigenvalue weighted by molar-refractivity contribution is 0.403.